The molecule has 2 heterocycles. The lowest BCUT2D eigenvalue weighted by atomic mass is 10.5. The molecule has 10 nitrogen and oxygen atoms in total. The van der Waals surface area contributed by atoms with Crippen molar-refractivity contribution in [2.24, 2.45) is 0 Å². The molecule has 0 amide bonds. The normalized spacial score (nSPS) is 10.7. The molecule has 0 aromatic carbocycles. The fraction of sp³-hybridized carbons (Fsp3) is 0.429. The first-order valence-corrected chi connectivity index (χ1v) is 8.52. The largest absolute Gasteiger partial charge is 0.377 e. The van der Waals surface area contributed by atoms with Gasteiger partial charge in [0, 0.05) is 25.2 Å². The molecule has 6 N–H and O–H groups in total. The molecule has 0 bridgehead atoms. The third-order valence-electron chi connectivity index (χ3n) is 2.90. The van der Waals surface area contributed by atoms with Gasteiger partial charge in [0.2, 0.25) is 11.9 Å². The molecule has 0 unspecified atom stereocenters. The van der Waals surface area contributed by atoms with Gasteiger partial charge in [-0.15, -0.1) is 0 Å². The molecule has 0 spiro atoms. The Kier molecular flexibility index (Phi) is 8.35. The van der Waals surface area contributed by atoms with E-state index >= 15 is 0 Å². The van der Waals surface area contributed by atoms with Gasteiger partial charge in [-0.25, -0.2) is 9.97 Å². The summed E-state index contributed by atoms with van der Waals surface area (Å²) in [7, 11) is 0. The lowest BCUT2D eigenvalue weighted by Crippen LogP contribution is -2.16. The molecule has 0 radical (unpaired) electrons. The number of aromatic nitrogens is 4. The Morgan fingerprint density at radius 3 is 1.54 bits per heavy atom. The number of nitrogen functional groups attached to an aromatic ring is 2. The predicted molar refractivity (Wildman–Crippen MR) is 102 cm³/mol. The summed E-state index contributed by atoms with van der Waals surface area (Å²) in [5.74, 6) is 1.35. The van der Waals surface area contributed by atoms with E-state index in [0.29, 0.717) is 51.2 Å². The molecule has 26 heavy (non-hydrogen) atoms. The summed E-state index contributed by atoms with van der Waals surface area (Å²) < 4.78 is 10.9. The maximum absolute atomic E-state index is 5.78. The van der Waals surface area contributed by atoms with Crippen molar-refractivity contribution >= 4 is 46.7 Å². The van der Waals surface area contributed by atoms with Crippen molar-refractivity contribution in [3.63, 3.8) is 0 Å². The van der Waals surface area contributed by atoms with Gasteiger partial charge in [0.25, 0.3) is 0 Å². The Balaban J connectivity index is 1.47. The Morgan fingerprint density at radius 1 is 0.731 bits per heavy atom. The number of rotatable bonds is 11. The number of hydrogen-bond donors (Lipinski definition) is 4. The lowest BCUT2D eigenvalue weighted by Gasteiger charge is -2.09. The van der Waals surface area contributed by atoms with Crippen LogP contribution in [0.4, 0.5) is 23.5 Å². The number of ether oxygens (including phenoxy) is 2. The van der Waals surface area contributed by atoms with Gasteiger partial charge in [0.15, 0.2) is 0 Å². The Hall–Kier alpha value is -2.14. The van der Waals surface area contributed by atoms with Crippen LogP contribution in [0, 0.1) is 0 Å². The lowest BCUT2D eigenvalue weighted by molar-refractivity contribution is 0.0556. The zero-order valence-electron chi connectivity index (χ0n) is 13.9. The van der Waals surface area contributed by atoms with Crippen LogP contribution in [0.25, 0.3) is 0 Å². The number of hydrogen-bond acceptors (Lipinski definition) is 10. The number of nitrogens with one attached hydrogen (secondary N) is 2. The second kappa shape index (κ2) is 10.8. The standard InChI is InChI=1S/C14H20Cl2N8O2/c15-9-7-11(23-13(17)21-9)19-1-3-25-5-6-26-4-2-20-12-8-10(16)22-14(18)24-12/h7-8H,1-6H2,(H3,17,19,21,23)(H3,18,20,22,24). The molecule has 2 rings (SSSR count). The highest BCUT2D eigenvalue weighted by atomic mass is 35.5. The fourth-order valence-corrected chi connectivity index (χ4v) is 2.26. The number of nitrogens with zero attached hydrogens (tertiary/aromatic N) is 4. The van der Waals surface area contributed by atoms with Gasteiger partial charge in [-0.3, -0.25) is 0 Å². The highest BCUT2D eigenvalue weighted by Gasteiger charge is 2.01. The minimum absolute atomic E-state index is 0.120. The zero-order chi connectivity index (χ0) is 18.8. The third-order valence-corrected chi connectivity index (χ3v) is 3.29. The van der Waals surface area contributed by atoms with Gasteiger partial charge in [0.1, 0.15) is 21.9 Å². The average Bonchev–Trinajstić information content (AvgIpc) is 2.55. The van der Waals surface area contributed by atoms with Crippen LogP contribution >= 0.6 is 23.2 Å². The van der Waals surface area contributed by atoms with Crippen molar-refractivity contribution in [3.8, 4) is 0 Å². The molecule has 142 valence electrons. The first kappa shape index (κ1) is 20.2. The van der Waals surface area contributed by atoms with E-state index in [-0.39, 0.29) is 22.2 Å². The summed E-state index contributed by atoms with van der Waals surface area (Å²) in [6.07, 6.45) is 0. The smallest absolute Gasteiger partial charge is 0.223 e. The van der Waals surface area contributed by atoms with E-state index in [1.54, 1.807) is 12.1 Å². The van der Waals surface area contributed by atoms with Crippen LogP contribution in [-0.4, -0.2) is 59.5 Å². The zero-order valence-corrected chi connectivity index (χ0v) is 15.4. The summed E-state index contributed by atoms with van der Waals surface area (Å²) >= 11 is 11.6. The number of anilines is 4. The van der Waals surface area contributed by atoms with Crippen LogP contribution in [0.15, 0.2) is 12.1 Å². The second-order valence-electron chi connectivity index (χ2n) is 4.95. The third kappa shape index (κ3) is 7.83. The minimum Gasteiger partial charge on any atom is -0.377 e. The molecule has 12 heteroatoms. The fourth-order valence-electron chi connectivity index (χ4n) is 1.88. The van der Waals surface area contributed by atoms with Crippen LogP contribution in [-0.2, 0) is 9.47 Å². The Labute approximate surface area is 160 Å². The van der Waals surface area contributed by atoms with Crippen molar-refractivity contribution in [2.75, 3.05) is 61.6 Å². The van der Waals surface area contributed by atoms with Gasteiger partial charge in [-0.1, -0.05) is 23.2 Å². The molecule has 0 atom stereocenters. The van der Waals surface area contributed by atoms with Crippen LogP contribution < -0.4 is 22.1 Å². The van der Waals surface area contributed by atoms with Gasteiger partial charge in [-0.2, -0.15) is 9.97 Å². The highest BCUT2D eigenvalue weighted by Crippen LogP contribution is 2.12. The summed E-state index contributed by atoms with van der Waals surface area (Å²) in [6, 6.07) is 3.18. The SMILES string of the molecule is Nc1nc(Cl)cc(NCCOCCOCCNc2cc(Cl)nc(N)n2)n1. The van der Waals surface area contributed by atoms with E-state index in [2.05, 4.69) is 30.6 Å². The van der Waals surface area contributed by atoms with E-state index in [0.717, 1.165) is 0 Å². The maximum atomic E-state index is 5.78. The van der Waals surface area contributed by atoms with Gasteiger partial charge in [0.05, 0.1) is 26.4 Å². The van der Waals surface area contributed by atoms with Crippen LogP contribution in [0.3, 0.4) is 0 Å². The average molecular weight is 403 g/mol. The van der Waals surface area contributed by atoms with E-state index in [4.69, 9.17) is 44.1 Å². The van der Waals surface area contributed by atoms with Crippen molar-refractivity contribution in [1.29, 1.82) is 0 Å². The quantitative estimate of drug-likeness (QED) is 0.320. The molecule has 0 aliphatic rings. The topological polar surface area (TPSA) is 146 Å². The molecule has 2 aromatic rings. The summed E-state index contributed by atoms with van der Waals surface area (Å²) in [4.78, 5) is 15.5. The monoisotopic (exact) mass is 402 g/mol. The Morgan fingerprint density at radius 2 is 1.15 bits per heavy atom. The van der Waals surface area contributed by atoms with Gasteiger partial charge >= 0.3 is 0 Å². The van der Waals surface area contributed by atoms with Crippen molar-refractivity contribution in [2.45, 2.75) is 0 Å². The molecule has 0 aliphatic heterocycles. The maximum Gasteiger partial charge on any atom is 0.223 e. The van der Waals surface area contributed by atoms with Crippen molar-refractivity contribution in [1.82, 2.24) is 19.9 Å². The predicted octanol–water partition coefficient (Wildman–Crippen LogP) is 1.29. The molecule has 0 saturated carbocycles. The van der Waals surface area contributed by atoms with Crippen molar-refractivity contribution < 1.29 is 9.47 Å². The molecular weight excluding hydrogens is 383 g/mol. The van der Waals surface area contributed by atoms with Crippen LogP contribution in [0.1, 0.15) is 0 Å². The van der Waals surface area contributed by atoms with E-state index in [1.165, 1.54) is 0 Å². The summed E-state index contributed by atoms with van der Waals surface area (Å²) in [5, 5.41) is 6.65. The Bertz CT molecular complexity index is 607. The second-order valence-corrected chi connectivity index (χ2v) is 5.72. The molecular formula is C14H20Cl2N8O2. The minimum atomic E-state index is 0.120. The van der Waals surface area contributed by atoms with E-state index in [1.807, 2.05) is 0 Å². The van der Waals surface area contributed by atoms with E-state index in [9.17, 15) is 0 Å². The number of halogens is 2. The highest BCUT2D eigenvalue weighted by molar-refractivity contribution is 6.30. The molecule has 0 saturated heterocycles. The van der Waals surface area contributed by atoms with Gasteiger partial charge in [-0.05, 0) is 0 Å². The summed E-state index contributed by atoms with van der Waals surface area (Å²) in [5.41, 5.74) is 11.0. The molecule has 0 aliphatic carbocycles. The van der Waals surface area contributed by atoms with Crippen LogP contribution in [0.2, 0.25) is 10.3 Å². The van der Waals surface area contributed by atoms with Gasteiger partial charge < -0.3 is 31.6 Å². The molecule has 0 fully saturated rings. The first-order chi connectivity index (χ1) is 12.5. The van der Waals surface area contributed by atoms with Crippen LogP contribution in [0.5, 0.6) is 0 Å². The first-order valence-electron chi connectivity index (χ1n) is 7.76. The van der Waals surface area contributed by atoms with E-state index < -0.39 is 0 Å². The number of nitrogens with two attached hydrogens (primary N) is 2. The summed E-state index contributed by atoms with van der Waals surface area (Å²) in [6.45, 7) is 3.04. The molecule has 2 aromatic heterocycles. The van der Waals surface area contributed by atoms with Crippen molar-refractivity contribution in [3.05, 3.63) is 22.4 Å².